The van der Waals surface area contributed by atoms with Crippen LogP contribution in [0.4, 0.5) is 0 Å². The van der Waals surface area contributed by atoms with Gasteiger partial charge in [0.2, 0.25) is 35.4 Å². The van der Waals surface area contributed by atoms with Crippen molar-refractivity contribution in [1.29, 1.82) is 0 Å². The SMILES string of the molecule is CC[C@H](C)[C@H](NC(=O)[C@H](Cc1ccc(O)cc1)NC(=O)[C@@H]1CCCN1C(=O)[C@H](CCCN=C(N)N)NC(=O)[C@@H](N)CCCN=C(N)N)C(=O)N[C@@H](CC(C)C)C(=O)N[C@@H](C)C(=O)O. The van der Waals surface area contributed by atoms with Crippen LogP contribution in [0.2, 0.25) is 0 Å². The first-order valence-electron chi connectivity index (χ1n) is 21.3. The van der Waals surface area contributed by atoms with Crippen molar-refractivity contribution in [3.05, 3.63) is 29.8 Å². The van der Waals surface area contributed by atoms with E-state index < -0.39 is 89.6 Å². The lowest BCUT2D eigenvalue weighted by Gasteiger charge is -2.31. The number of phenolic OH excluding ortho intramolecular Hbond substituents is 1. The summed E-state index contributed by atoms with van der Waals surface area (Å²) in [6.45, 7) is 9.08. The van der Waals surface area contributed by atoms with Crippen LogP contribution in [0.1, 0.15) is 91.5 Å². The van der Waals surface area contributed by atoms with Crippen LogP contribution in [0, 0.1) is 11.8 Å². The number of carbonyl (C=O) groups is 7. The van der Waals surface area contributed by atoms with Crippen molar-refractivity contribution in [2.24, 2.45) is 50.5 Å². The van der Waals surface area contributed by atoms with E-state index in [4.69, 9.17) is 28.7 Å². The van der Waals surface area contributed by atoms with Gasteiger partial charge in [-0.05, 0) is 81.4 Å². The molecule has 0 unspecified atom stereocenters. The lowest BCUT2D eigenvalue weighted by molar-refractivity contribution is -0.142. The largest absolute Gasteiger partial charge is 0.508 e. The minimum Gasteiger partial charge on any atom is -0.508 e. The average molecular weight is 888 g/mol. The van der Waals surface area contributed by atoms with E-state index in [1.165, 1.54) is 24.0 Å². The molecule has 1 saturated heterocycles. The lowest BCUT2D eigenvalue weighted by Crippen LogP contribution is -2.61. The van der Waals surface area contributed by atoms with Gasteiger partial charge in [-0.3, -0.25) is 43.5 Å². The zero-order chi connectivity index (χ0) is 47.4. The van der Waals surface area contributed by atoms with Crippen molar-refractivity contribution < 1.29 is 43.8 Å². The molecule has 1 heterocycles. The van der Waals surface area contributed by atoms with Crippen LogP contribution in [0.5, 0.6) is 5.75 Å². The first-order valence-corrected chi connectivity index (χ1v) is 21.3. The Hall–Kier alpha value is -6.19. The van der Waals surface area contributed by atoms with Gasteiger partial charge in [-0.2, -0.15) is 0 Å². The van der Waals surface area contributed by atoms with E-state index in [9.17, 15) is 43.8 Å². The highest BCUT2D eigenvalue weighted by atomic mass is 16.4. The van der Waals surface area contributed by atoms with E-state index in [0.29, 0.717) is 31.2 Å². The van der Waals surface area contributed by atoms with Crippen LogP contribution in [0.25, 0.3) is 0 Å². The first kappa shape index (κ1) is 52.9. The van der Waals surface area contributed by atoms with E-state index in [2.05, 4.69) is 36.6 Å². The summed E-state index contributed by atoms with van der Waals surface area (Å²) in [5.41, 5.74) is 28.4. The van der Waals surface area contributed by atoms with Crippen molar-refractivity contribution in [2.45, 2.75) is 135 Å². The summed E-state index contributed by atoms with van der Waals surface area (Å²) < 4.78 is 0. The fourth-order valence-corrected chi connectivity index (χ4v) is 6.83. The van der Waals surface area contributed by atoms with Gasteiger partial charge in [-0.25, -0.2) is 0 Å². The van der Waals surface area contributed by atoms with Gasteiger partial charge in [0, 0.05) is 26.1 Å². The molecule has 0 saturated carbocycles. The van der Waals surface area contributed by atoms with E-state index in [0.717, 1.165) is 0 Å². The monoisotopic (exact) mass is 888 g/mol. The maximum atomic E-state index is 14.3. The van der Waals surface area contributed by atoms with Crippen LogP contribution in [-0.2, 0) is 40.0 Å². The smallest absolute Gasteiger partial charge is 0.325 e. The van der Waals surface area contributed by atoms with Gasteiger partial charge in [-0.15, -0.1) is 0 Å². The highest BCUT2D eigenvalue weighted by Crippen LogP contribution is 2.21. The van der Waals surface area contributed by atoms with E-state index in [1.807, 2.05) is 20.8 Å². The van der Waals surface area contributed by atoms with Crippen LogP contribution in [0.15, 0.2) is 34.3 Å². The molecular formula is C41H69N13O9. The molecule has 1 aromatic carbocycles. The molecule has 0 aliphatic carbocycles. The zero-order valence-electron chi connectivity index (χ0n) is 37.0. The Balaban J connectivity index is 2.39. The van der Waals surface area contributed by atoms with Gasteiger partial charge < -0.3 is 70.4 Å². The summed E-state index contributed by atoms with van der Waals surface area (Å²) in [4.78, 5) is 104. The second-order valence-corrected chi connectivity index (χ2v) is 16.3. The number of aromatic hydroxyl groups is 1. The number of likely N-dealkylation sites (tertiary alicyclic amines) is 1. The number of rotatable bonds is 26. The number of aliphatic imine (C=N–C) groups is 2. The van der Waals surface area contributed by atoms with Crippen LogP contribution in [0.3, 0.4) is 0 Å². The van der Waals surface area contributed by atoms with Gasteiger partial charge in [-0.1, -0.05) is 46.2 Å². The standard InChI is InChI=1S/C41H69N13O9/c1-6-23(4)32(37(60)52-29(20-22(2)3)34(57)49-24(5)39(62)63)53-35(58)30(21-25-13-15-26(55)16-14-25)51-36(59)31-12-9-19-54(31)38(61)28(11-8-18-48-41(45)46)50-33(56)27(42)10-7-17-47-40(43)44/h13-16,22-24,27-32,55H,6-12,17-21,42H2,1-5H3,(H,49,57)(H,50,56)(H,51,59)(H,52,60)(H,53,58)(H,62,63)(H4,43,44,47)(H4,45,46,48)/t23-,24-,27-,28-,29-,30-,31-,32-/m0/s1. The number of aliphatic carboxylic acids is 1. The van der Waals surface area contributed by atoms with Gasteiger partial charge in [0.1, 0.15) is 42.0 Å². The molecule has 8 atom stereocenters. The highest BCUT2D eigenvalue weighted by molar-refractivity contribution is 5.97. The predicted molar refractivity (Wildman–Crippen MR) is 236 cm³/mol. The number of carboxylic acids is 1. The van der Waals surface area contributed by atoms with Gasteiger partial charge >= 0.3 is 5.97 Å². The summed E-state index contributed by atoms with van der Waals surface area (Å²) in [7, 11) is 0. The summed E-state index contributed by atoms with van der Waals surface area (Å²) in [5, 5.41) is 32.6. The summed E-state index contributed by atoms with van der Waals surface area (Å²) >= 11 is 0. The number of carbonyl (C=O) groups excluding carboxylic acids is 6. The number of nitrogens with zero attached hydrogens (tertiary/aromatic N) is 3. The molecular weight excluding hydrogens is 819 g/mol. The fourth-order valence-electron chi connectivity index (χ4n) is 6.83. The van der Waals surface area contributed by atoms with Crippen molar-refractivity contribution in [3.8, 4) is 5.75 Å². The number of benzene rings is 1. The third-order valence-electron chi connectivity index (χ3n) is 10.6. The molecule has 0 spiro atoms. The minimum absolute atomic E-state index is 0.0259. The second kappa shape index (κ2) is 26.3. The Bertz CT molecular complexity index is 1770. The molecule has 1 aliphatic heterocycles. The molecule has 22 heteroatoms. The Labute approximate surface area is 368 Å². The van der Waals surface area contributed by atoms with Crippen molar-refractivity contribution in [2.75, 3.05) is 19.6 Å². The molecule has 6 amide bonds. The molecule has 352 valence electrons. The fraction of sp³-hybridized carbons (Fsp3) is 0.634. The van der Waals surface area contributed by atoms with E-state index >= 15 is 0 Å². The summed E-state index contributed by atoms with van der Waals surface area (Å²) in [5.74, 6) is -6.01. The van der Waals surface area contributed by atoms with Crippen molar-refractivity contribution >= 4 is 53.3 Å². The number of amides is 6. The number of hydrogen-bond acceptors (Lipinski definition) is 11. The maximum absolute atomic E-state index is 14.3. The third kappa shape index (κ3) is 18.4. The molecule has 2 rings (SSSR count). The summed E-state index contributed by atoms with van der Waals surface area (Å²) in [6, 6.07) is -1.99. The highest BCUT2D eigenvalue weighted by Gasteiger charge is 2.40. The van der Waals surface area contributed by atoms with E-state index in [-0.39, 0.29) is 75.3 Å². The van der Waals surface area contributed by atoms with Gasteiger partial charge in [0.05, 0.1) is 6.04 Å². The number of nitrogens with one attached hydrogen (secondary N) is 5. The first-order chi connectivity index (χ1) is 29.6. The number of hydrogen-bond donors (Lipinski definition) is 12. The zero-order valence-corrected chi connectivity index (χ0v) is 37.0. The number of phenols is 1. The maximum Gasteiger partial charge on any atom is 0.325 e. The Morgan fingerprint density at radius 3 is 1.89 bits per heavy atom. The molecule has 0 bridgehead atoms. The van der Waals surface area contributed by atoms with Crippen LogP contribution < -0.4 is 55.3 Å². The third-order valence-corrected chi connectivity index (χ3v) is 10.6. The number of carboxylic acid groups (broad SMARTS) is 1. The quantitative estimate of drug-likeness (QED) is 0.0272. The predicted octanol–water partition coefficient (Wildman–Crippen LogP) is -2.02. The molecule has 63 heavy (non-hydrogen) atoms. The van der Waals surface area contributed by atoms with Gasteiger partial charge in [0.15, 0.2) is 11.9 Å². The second-order valence-electron chi connectivity index (χ2n) is 16.3. The Morgan fingerprint density at radius 2 is 1.33 bits per heavy atom. The molecule has 0 aromatic heterocycles. The normalized spacial score (nSPS) is 16.8. The van der Waals surface area contributed by atoms with Crippen molar-refractivity contribution in [1.82, 2.24) is 31.5 Å². The molecule has 0 radical (unpaired) electrons. The Morgan fingerprint density at radius 1 is 0.762 bits per heavy atom. The van der Waals surface area contributed by atoms with Gasteiger partial charge in [0.25, 0.3) is 0 Å². The minimum atomic E-state index is -1.29. The molecule has 1 aromatic rings. The molecule has 1 aliphatic rings. The van der Waals surface area contributed by atoms with E-state index in [1.54, 1.807) is 19.1 Å². The van der Waals surface area contributed by atoms with Crippen molar-refractivity contribution in [3.63, 3.8) is 0 Å². The molecule has 22 nitrogen and oxygen atoms in total. The lowest BCUT2D eigenvalue weighted by atomic mass is 9.95. The topological polar surface area (TPSA) is 378 Å². The van der Waals surface area contributed by atoms with Crippen LogP contribution >= 0.6 is 0 Å². The number of nitrogens with two attached hydrogens (primary N) is 5. The average Bonchev–Trinajstić information content (AvgIpc) is 3.72. The van der Waals surface area contributed by atoms with Crippen LogP contribution in [-0.4, -0.2) is 130 Å². The molecule has 1 fully saturated rings. The Kier molecular flexibility index (Phi) is 22.1. The number of guanidine groups is 2. The summed E-state index contributed by atoms with van der Waals surface area (Å²) in [6.07, 6.45) is 2.21. The molecule has 17 N–H and O–H groups in total.